The molecule has 0 amide bonds. The van der Waals surface area contributed by atoms with Gasteiger partial charge in [0.15, 0.2) is 0 Å². The van der Waals surface area contributed by atoms with Crippen LogP contribution in [-0.2, 0) is 4.74 Å². The average Bonchev–Trinajstić information content (AvgIpc) is 2.73. The van der Waals surface area contributed by atoms with Crippen LogP contribution in [0.1, 0.15) is 38.3 Å². The molecule has 1 fully saturated rings. The van der Waals surface area contributed by atoms with Gasteiger partial charge in [-0.15, -0.1) is 0 Å². The third-order valence-electron chi connectivity index (χ3n) is 3.34. The van der Waals surface area contributed by atoms with Crippen LogP contribution < -0.4 is 5.32 Å². The van der Waals surface area contributed by atoms with E-state index in [1.807, 2.05) is 12.1 Å². The van der Waals surface area contributed by atoms with E-state index in [0.29, 0.717) is 12.2 Å². The Bertz CT molecular complexity index is 352. The Kier molecular flexibility index (Phi) is 4.13. The van der Waals surface area contributed by atoms with Crippen molar-refractivity contribution >= 4 is 0 Å². The monoisotopic (exact) mass is 237 g/mol. The van der Waals surface area contributed by atoms with E-state index in [-0.39, 0.29) is 11.9 Å². The fourth-order valence-corrected chi connectivity index (χ4v) is 2.21. The molecule has 0 saturated carbocycles. The van der Waals surface area contributed by atoms with Gasteiger partial charge in [-0.25, -0.2) is 4.39 Å². The summed E-state index contributed by atoms with van der Waals surface area (Å²) in [5, 5.41) is 3.43. The molecule has 1 aliphatic rings. The average molecular weight is 237 g/mol. The molecule has 1 heterocycles. The minimum atomic E-state index is -0.186. The lowest BCUT2D eigenvalue weighted by Gasteiger charge is -2.17. The van der Waals surface area contributed by atoms with Crippen LogP contribution in [0.2, 0.25) is 0 Å². The second-order valence-corrected chi connectivity index (χ2v) is 4.83. The summed E-state index contributed by atoms with van der Waals surface area (Å²) >= 11 is 0. The molecule has 0 aromatic heterocycles. The summed E-state index contributed by atoms with van der Waals surface area (Å²) in [4.78, 5) is 0. The van der Waals surface area contributed by atoms with Gasteiger partial charge in [0.05, 0.1) is 12.2 Å². The Morgan fingerprint density at radius 3 is 2.65 bits per heavy atom. The summed E-state index contributed by atoms with van der Waals surface area (Å²) < 4.78 is 18.5. The molecular weight excluding hydrogens is 217 g/mol. The molecule has 3 atom stereocenters. The molecule has 94 valence electrons. The Labute approximate surface area is 102 Å². The first-order valence-electron chi connectivity index (χ1n) is 6.29. The first kappa shape index (κ1) is 12.5. The molecule has 0 spiro atoms. The second-order valence-electron chi connectivity index (χ2n) is 4.83. The summed E-state index contributed by atoms with van der Waals surface area (Å²) in [5.41, 5.74) is 1.11. The maximum absolute atomic E-state index is 12.8. The topological polar surface area (TPSA) is 21.3 Å². The van der Waals surface area contributed by atoms with E-state index in [1.54, 1.807) is 0 Å². The zero-order valence-corrected chi connectivity index (χ0v) is 10.4. The molecule has 17 heavy (non-hydrogen) atoms. The van der Waals surface area contributed by atoms with Gasteiger partial charge in [-0.2, -0.15) is 0 Å². The molecular formula is C14H20FNO. The summed E-state index contributed by atoms with van der Waals surface area (Å²) in [7, 11) is 0. The molecule has 1 N–H and O–H groups in total. The van der Waals surface area contributed by atoms with Crippen LogP contribution in [0.25, 0.3) is 0 Å². The SMILES string of the molecule is CC1CCC(CN[C@H](C)c2ccc(F)cc2)O1. The Hall–Kier alpha value is -0.930. The third-order valence-corrected chi connectivity index (χ3v) is 3.34. The smallest absolute Gasteiger partial charge is 0.123 e. The van der Waals surface area contributed by atoms with Crippen molar-refractivity contribution < 1.29 is 9.13 Å². The molecule has 3 heteroatoms. The van der Waals surface area contributed by atoms with Crippen LogP contribution in [0.15, 0.2) is 24.3 Å². The van der Waals surface area contributed by atoms with Gasteiger partial charge in [-0.1, -0.05) is 12.1 Å². The Balaban J connectivity index is 1.81. The number of ether oxygens (including phenoxy) is 1. The third kappa shape index (κ3) is 3.51. The van der Waals surface area contributed by atoms with E-state index >= 15 is 0 Å². The number of hydrogen-bond acceptors (Lipinski definition) is 2. The minimum Gasteiger partial charge on any atom is -0.374 e. The molecule has 1 aromatic carbocycles. The highest BCUT2D eigenvalue weighted by Gasteiger charge is 2.21. The Morgan fingerprint density at radius 1 is 1.35 bits per heavy atom. The van der Waals surface area contributed by atoms with E-state index in [2.05, 4.69) is 19.2 Å². The molecule has 1 saturated heterocycles. The van der Waals surface area contributed by atoms with Gasteiger partial charge in [0.2, 0.25) is 0 Å². The maximum Gasteiger partial charge on any atom is 0.123 e. The molecule has 0 radical (unpaired) electrons. The normalized spacial score (nSPS) is 26.1. The number of benzene rings is 1. The fraction of sp³-hybridized carbons (Fsp3) is 0.571. The van der Waals surface area contributed by atoms with Crippen molar-refractivity contribution in [1.82, 2.24) is 5.32 Å². The van der Waals surface area contributed by atoms with Crippen molar-refractivity contribution in [2.75, 3.05) is 6.54 Å². The van der Waals surface area contributed by atoms with Gasteiger partial charge in [-0.05, 0) is 44.4 Å². The van der Waals surface area contributed by atoms with Crippen molar-refractivity contribution in [1.29, 1.82) is 0 Å². The highest BCUT2D eigenvalue weighted by Crippen LogP contribution is 2.19. The van der Waals surface area contributed by atoms with Gasteiger partial charge in [0, 0.05) is 12.6 Å². The van der Waals surface area contributed by atoms with Crippen LogP contribution in [-0.4, -0.2) is 18.8 Å². The van der Waals surface area contributed by atoms with E-state index in [1.165, 1.54) is 12.1 Å². The molecule has 2 unspecified atom stereocenters. The lowest BCUT2D eigenvalue weighted by molar-refractivity contribution is 0.0546. The van der Waals surface area contributed by atoms with Crippen LogP contribution in [0.3, 0.4) is 0 Å². The van der Waals surface area contributed by atoms with E-state index in [9.17, 15) is 4.39 Å². The first-order chi connectivity index (χ1) is 8.15. The van der Waals surface area contributed by atoms with Crippen molar-refractivity contribution in [3.8, 4) is 0 Å². The zero-order valence-electron chi connectivity index (χ0n) is 10.4. The highest BCUT2D eigenvalue weighted by molar-refractivity contribution is 5.19. The van der Waals surface area contributed by atoms with Crippen LogP contribution in [0.5, 0.6) is 0 Å². The summed E-state index contributed by atoms with van der Waals surface area (Å²) in [6.45, 7) is 5.07. The predicted molar refractivity (Wildman–Crippen MR) is 66.4 cm³/mol. The molecule has 2 nitrogen and oxygen atoms in total. The minimum absolute atomic E-state index is 0.186. The van der Waals surface area contributed by atoms with Gasteiger partial charge < -0.3 is 10.1 Å². The summed E-state index contributed by atoms with van der Waals surface area (Å²) in [6.07, 6.45) is 3.00. The zero-order chi connectivity index (χ0) is 12.3. The van der Waals surface area contributed by atoms with E-state index in [4.69, 9.17) is 4.74 Å². The van der Waals surface area contributed by atoms with Crippen LogP contribution >= 0.6 is 0 Å². The number of hydrogen-bond donors (Lipinski definition) is 1. The lowest BCUT2D eigenvalue weighted by atomic mass is 10.1. The number of halogens is 1. The van der Waals surface area contributed by atoms with Crippen molar-refractivity contribution in [3.63, 3.8) is 0 Å². The van der Waals surface area contributed by atoms with Gasteiger partial charge in [0.1, 0.15) is 5.82 Å². The predicted octanol–water partition coefficient (Wildman–Crippen LogP) is 3.04. The Morgan fingerprint density at radius 2 is 2.06 bits per heavy atom. The summed E-state index contributed by atoms with van der Waals surface area (Å²) in [5.74, 6) is -0.186. The molecule has 1 aromatic rings. The van der Waals surface area contributed by atoms with Crippen molar-refractivity contribution in [2.45, 2.75) is 44.9 Å². The maximum atomic E-state index is 12.8. The van der Waals surface area contributed by atoms with Crippen molar-refractivity contribution in [3.05, 3.63) is 35.6 Å². The lowest BCUT2D eigenvalue weighted by Crippen LogP contribution is -2.29. The summed E-state index contributed by atoms with van der Waals surface area (Å²) in [6, 6.07) is 6.88. The van der Waals surface area contributed by atoms with E-state index < -0.39 is 0 Å². The van der Waals surface area contributed by atoms with E-state index in [0.717, 1.165) is 24.9 Å². The number of nitrogens with one attached hydrogen (secondary N) is 1. The molecule has 0 aliphatic carbocycles. The number of rotatable bonds is 4. The van der Waals surface area contributed by atoms with Crippen LogP contribution in [0.4, 0.5) is 4.39 Å². The fourth-order valence-electron chi connectivity index (χ4n) is 2.21. The standard InChI is InChI=1S/C14H20FNO/c1-10-3-8-14(17-10)9-16-11(2)12-4-6-13(15)7-5-12/h4-7,10-11,14,16H,3,8-9H2,1-2H3/t10?,11-,14?/m1/s1. The molecule has 1 aliphatic heterocycles. The van der Waals surface area contributed by atoms with Crippen molar-refractivity contribution in [2.24, 2.45) is 0 Å². The van der Waals surface area contributed by atoms with Gasteiger partial charge in [0.25, 0.3) is 0 Å². The largest absolute Gasteiger partial charge is 0.374 e. The highest BCUT2D eigenvalue weighted by atomic mass is 19.1. The van der Waals surface area contributed by atoms with Gasteiger partial charge >= 0.3 is 0 Å². The quantitative estimate of drug-likeness (QED) is 0.869. The first-order valence-corrected chi connectivity index (χ1v) is 6.29. The second kappa shape index (κ2) is 5.61. The molecule has 2 rings (SSSR count). The van der Waals surface area contributed by atoms with Gasteiger partial charge in [-0.3, -0.25) is 0 Å². The molecule has 0 bridgehead atoms. The van der Waals surface area contributed by atoms with Crippen LogP contribution in [0, 0.1) is 5.82 Å².